The highest BCUT2D eigenvalue weighted by molar-refractivity contribution is 9.10. The third-order valence-electron chi connectivity index (χ3n) is 2.96. The van der Waals surface area contributed by atoms with Gasteiger partial charge in [-0.3, -0.25) is 0 Å². The van der Waals surface area contributed by atoms with Gasteiger partial charge in [-0.25, -0.2) is 4.39 Å². The molecule has 2 aromatic rings. The number of halogens is 2. The molecule has 0 saturated carbocycles. The van der Waals surface area contributed by atoms with Gasteiger partial charge in [0.05, 0.1) is 11.1 Å². The lowest BCUT2D eigenvalue weighted by atomic mass is 10.1. The van der Waals surface area contributed by atoms with Gasteiger partial charge in [-0.15, -0.1) is 0 Å². The average molecular weight is 338 g/mol. The summed E-state index contributed by atoms with van der Waals surface area (Å²) in [4.78, 5) is 0. The zero-order chi connectivity index (χ0) is 14.5. The molecule has 0 fully saturated rings. The molecule has 0 unspecified atom stereocenters. The third-order valence-corrected chi connectivity index (χ3v) is 3.57. The maximum atomic E-state index is 13.5. The summed E-state index contributed by atoms with van der Waals surface area (Å²) < 4.78 is 19.5. The molecule has 20 heavy (non-hydrogen) atoms. The summed E-state index contributed by atoms with van der Waals surface area (Å²) in [7, 11) is 0. The lowest BCUT2D eigenvalue weighted by Gasteiger charge is -2.11. The highest BCUT2D eigenvalue weighted by Crippen LogP contribution is 2.24. The van der Waals surface area contributed by atoms with Crippen LogP contribution in [0.4, 0.5) is 10.1 Å². The SMILES string of the molecule is CCOc1cccc(CNc2cc(F)c(Br)cc2C)c1. The fraction of sp³-hybridized carbons (Fsp3) is 0.250. The third kappa shape index (κ3) is 3.73. The minimum Gasteiger partial charge on any atom is -0.494 e. The van der Waals surface area contributed by atoms with Gasteiger partial charge in [-0.2, -0.15) is 0 Å². The van der Waals surface area contributed by atoms with Gasteiger partial charge in [0.25, 0.3) is 0 Å². The topological polar surface area (TPSA) is 21.3 Å². The molecule has 0 heterocycles. The molecule has 0 bridgehead atoms. The number of ether oxygens (including phenoxy) is 1. The number of aryl methyl sites for hydroxylation is 1. The molecule has 0 spiro atoms. The minimum absolute atomic E-state index is 0.263. The molecule has 4 heteroatoms. The molecule has 0 aliphatic rings. The van der Waals surface area contributed by atoms with Gasteiger partial charge in [-0.05, 0) is 65.2 Å². The van der Waals surface area contributed by atoms with Crippen molar-refractivity contribution in [3.05, 3.63) is 57.8 Å². The molecule has 0 aliphatic carbocycles. The van der Waals surface area contributed by atoms with Crippen molar-refractivity contribution in [2.24, 2.45) is 0 Å². The Morgan fingerprint density at radius 3 is 2.80 bits per heavy atom. The summed E-state index contributed by atoms with van der Waals surface area (Å²) in [6.07, 6.45) is 0. The molecule has 0 atom stereocenters. The van der Waals surface area contributed by atoms with E-state index in [-0.39, 0.29) is 5.82 Å². The zero-order valence-electron chi connectivity index (χ0n) is 11.5. The van der Waals surface area contributed by atoms with Crippen LogP contribution in [-0.2, 0) is 6.54 Å². The van der Waals surface area contributed by atoms with Crippen LogP contribution in [-0.4, -0.2) is 6.61 Å². The second kappa shape index (κ2) is 6.75. The van der Waals surface area contributed by atoms with Gasteiger partial charge in [0.15, 0.2) is 0 Å². The fourth-order valence-electron chi connectivity index (χ4n) is 1.95. The Labute approximate surface area is 127 Å². The van der Waals surface area contributed by atoms with Crippen LogP contribution in [0.25, 0.3) is 0 Å². The predicted molar refractivity (Wildman–Crippen MR) is 83.8 cm³/mol. The van der Waals surface area contributed by atoms with Gasteiger partial charge in [0.1, 0.15) is 11.6 Å². The number of benzene rings is 2. The zero-order valence-corrected chi connectivity index (χ0v) is 13.1. The van der Waals surface area contributed by atoms with E-state index < -0.39 is 0 Å². The van der Waals surface area contributed by atoms with Crippen molar-refractivity contribution < 1.29 is 9.13 Å². The van der Waals surface area contributed by atoms with Crippen molar-refractivity contribution in [1.82, 2.24) is 0 Å². The van der Waals surface area contributed by atoms with E-state index in [2.05, 4.69) is 21.2 Å². The molecular weight excluding hydrogens is 321 g/mol. The normalized spacial score (nSPS) is 10.4. The van der Waals surface area contributed by atoms with Crippen LogP contribution >= 0.6 is 15.9 Å². The molecule has 2 aromatic carbocycles. The van der Waals surface area contributed by atoms with E-state index in [4.69, 9.17) is 4.74 Å². The first kappa shape index (κ1) is 14.9. The standard InChI is InChI=1S/C16H17BrFNO/c1-3-20-13-6-4-5-12(8-13)10-19-16-9-15(18)14(17)7-11(16)2/h4-9,19H,3,10H2,1-2H3. The van der Waals surface area contributed by atoms with Crippen molar-refractivity contribution in [2.75, 3.05) is 11.9 Å². The summed E-state index contributed by atoms with van der Waals surface area (Å²) in [5.41, 5.74) is 2.89. The molecule has 0 amide bonds. The molecule has 2 nitrogen and oxygen atoms in total. The Bertz CT molecular complexity index is 601. The number of anilines is 1. The molecular formula is C16H17BrFNO. The smallest absolute Gasteiger partial charge is 0.139 e. The fourth-order valence-corrected chi connectivity index (χ4v) is 2.40. The van der Waals surface area contributed by atoms with E-state index in [1.54, 1.807) is 6.07 Å². The second-order valence-electron chi connectivity index (χ2n) is 4.52. The molecule has 0 saturated heterocycles. The molecule has 0 aromatic heterocycles. The highest BCUT2D eigenvalue weighted by atomic mass is 79.9. The molecule has 0 radical (unpaired) electrons. The van der Waals surface area contributed by atoms with Crippen molar-refractivity contribution in [2.45, 2.75) is 20.4 Å². The molecule has 1 N–H and O–H groups in total. The van der Waals surface area contributed by atoms with E-state index in [1.165, 1.54) is 6.07 Å². The first-order chi connectivity index (χ1) is 9.60. The Balaban J connectivity index is 2.08. The Kier molecular flexibility index (Phi) is 5.01. The first-order valence-corrected chi connectivity index (χ1v) is 7.30. The van der Waals surface area contributed by atoms with Crippen molar-refractivity contribution >= 4 is 21.6 Å². The maximum Gasteiger partial charge on any atom is 0.139 e. The monoisotopic (exact) mass is 337 g/mol. The summed E-state index contributed by atoms with van der Waals surface area (Å²) in [6, 6.07) is 11.2. The Hall–Kier alpha value is -1.55. The summed E-state index contributed by atoms with van der Waals surface area (Å²) in [5.74, 6) is 0.590. The highest BCUT2D eigenvalue weighted by Gasteiger charge is 2.05. The summed E-state index contributed by atoms with van der Waals surface area (Å²) >= 11 is 3.18. The minimum atomic E-state index is -0.263. The number of nitrogens with one attached hydrogen (secondary N) is 1. The van der Waals surface area contributed by atoms with Crippen LogP contribution in [0.1, 0.15) is 18.1 Å². The second-order valence-corrected chi connectivity index (χ2v) is 5.37. The van der Waals surface area contributed by atoms with Crippen LogP contribution in [0.2, 0.25) is 0 Å². The van der Waals surface area contributed by atoms with Crippen LogP contribution in [0.5, 0.6) is 5.75 Å². The van der Waals surface area contributed by atoms with E-state index in [0.29, 0.717) is 17.6 Å². The largest absolute Gasteiger partial charge is 0.494 e. The lowest BCUT2D eigenvalue weighted by molar-refractivity contribution is 0.340. The quantitative estimate of drug-likeness (QED) is 0.837. The Morgan fingerprint density at radius 1 is 1.25 bits per heavy atom. The number of rotatable bonds is 5. The number of hydrogen-bond acceptors (Lipinski definition) is 2. The van der Waals surface area contributed by atoms with E-state index in [1.807, 2.05) is 38.1 Å². The molecule has 106 valence electrons. The van der Waals surface area contributed by atoms with Gasteiger partial charge in [0, 0.05) is 12.2 Å². The number of hydrogen-bond donors (Lipinski definition) is 1. The van der Waals surface area contributed by atoms with E-state index >= 15 is 0 Å². The van der Waals surface area contributed by atoms with Gasteiger partial charge in [-0.1, -0.05) is 12.1 Å². The van der Waals surface area contributed by atoms with Crippen LogP contribution in [0.3, 0.4) is 0 Å². The van der Waals surface area contributed by atoms with Crippen molar-refractivity contribution in [3.63, 3.8) is 0 Å². The van der Waals surface area contributed by atoms with E-state index in [9.17, 15) is 4.39 Å². The van der Waals surface area contributed by atoms with E-state index in [0.717, 1.165) is 22.6 Å². The molecule has 2 rings (SSSR count). The average Bonchev–Trinajstić information content (AvgIpc) is 2.42. The van der Waals surface area contributed by atoms with Gasteiger partial charge < -0.3 is 10.1 Å². The van der Waals surface area contributed by atoms with Crippen LogP contribution in [0, 0.1) is 12.7 Å². The first-order valence-electron chi connectivity index (χ1n) is 6.51. The lowest BCUT2D eigenvalue weighted by Crippen LogP contribution is -2.02. The molecule has 0 aliphatic heterocycles. The Morgan fingerprint density at radius 2 is 2.05 bits per heavy atom. The van der Waals surface area contributed by atoms with Crippen molar-refractivity contribution in [3.8, 4) is 5.75 Å². The van der Waals surface area contributed by atoms with Crippen molar-refractivity contribution in [1.29, 1.82) is 0 Å². The predicted octanol–water partition coefficient (Wildman–Crippen LogP) is 4.91. The van der Waals surface area contributed by atoms with Gasteiger partial charge >= 0.3 is 0 Å². The van der Waals surface area contributed by atoms with Crippen LogP contribution in [0.15, 0.2) is 40.9 Å². The van der Waals surface area contributed by atoms with Gasteiger partial charge in [0.2, 0.25) is 0 Å². The maximum absolute atomic E-state index is 13.5. The summed E-state index contributed by atoms with van der Waals surface area (Å²) in [6.45, 7) is 5.18. The summed E-state index contributed by atoms with van der Waals surface area (Å²) in [5, 5.41) is 3.25. The van der Waals surface area contributed by atoms with Crippen LogP contribution < -0.4 is 10.1 Å².